The Labute approximate surface area is 96.6 Å². The van der Waals surface area contributed by atoms with Crippen molar-refractivity contribution in [3.63, 3.8) is 0 Å². The fraction of sp³-hybridized carbons (Fsp3) is 0.909. The molecular formula is C11H21N3O2. The molecule has 2 amide bonds. The molecule has 0 spiro atoms. The van der Waals surface area contributed by atoms with Crippen molar-refractivity contribution in [2.45, 2.75) is 25.5 Å². The molecule has 2 rings (SSSR count). The number of carbonyl (C=O) groups excluding carboxylic acids is 1. The van der Waals surface area contributed by atoms with Gasteiger partial charge in [0.2, 0.25) is 0 Å². The summed E-state index contributed by atoms with van der Waals surface area (Å²) in [5.41, 5.74) is 0. The van der Waals surface area contributed by atoms with Crippen molar-refractivity contribution in [1.29, 1.82) is 0 Å². The number of urea groups is 1. The van der Waals surface area contributed by atoms with Crippen LogP contribution in [0.25, 0.3) is 0 Å². The molecular weight excluding hydrogens is 206 g/mol. The van der Waals surface area contributed by atoms with Crippen LogP contribution in [0.2, 0.25) is 0 Å². The fourth-order valence-corrected chi connectivity index (χ4v) is 2.53. The van der Waals surface area contributed by atoms with Crippen LogP contribution in [0.3, 0.4) is 0 Å². The summed E-state index contributed by atoms with van der Waals surface area (Å²) in [6.45, 7) is 6.12. The second-order valence-corrected chi connectivity index (χ2v) is 4.83. The van der Waals surface area contributed by atoms with Gasteiger partial charge in [0.15, 0.2) is 0 Å². The zero-order valence-corrected chi connectivity index (χ0v) is 10.1. The van der Waals surface area contributed by atoms with E-state index in [0.717, 1.165) is 39.1 Å². The third kappa shape index (κ3) is 2.15. The van der Waals surface area contributed by atoms with Crippen LogP contribution >= 0.6 is 0 Å². The Kier molecular flexibility index (Phi) is 3.35. The molecule has 0 aromatic rings. The monoisotopic (exact) mass is 227 g/mol. The summed E-state index contributed by atoms with van der Waals surface area (Å²) in [4.78, 5) is 17.7. The van der Waals surface area contributed by atoms with Crippen molar-refractivity contribution in [3.8, 4) is 0 Å². The summed E-state index contributed by atoms with van der Waals surface area (Å²) in [6.07, 6.45) is 0.561. The lowest BCUT2D eigenvalue weighted by atomic mass is 10.1. The summed E-state index contributed by atoms with van der Waals surface area (Å²) in [5.74, 6) is 0. The van der Waals surface area contributed by atoms with Crippen molar-refractivity contribution in [3.05, 3.63) is 0 Å². The number of hydrogen-bond acceptors (Lipinski definition) is 3. The van der Waals surface area contributed by atoms with Crippen LogP contribution in [0.15, 0.2) is 0 Å². The molecule has 0 aliphatic carbocycles. The van der Waals surface area contributed by atoms with E-state index in [0.29, 0.717) is 6.04 Å². The summed E-state index contributed by atoms with van der Waals surface area (Å²) in [6, 6.07) is 0.469. The molecule has 0 radical (unpaired) electrons. The number of aliphatic hydroxyl groups excluding tert-OH is 1. The molecule has 16 heavy (non-hydrogen) atoms. The van der Waals surface area contributed by atoms with Gasteiger partial charge in [0.05, 0.1) is 12.1 Å². The number of likely N-dealkylation sites (N-methyl/N-ethyl adjacent to an activating group) is 1. The highest BCUT2D eigenvalue weighted by molar-refractivity contribution is 5.77. The lowest BCUT2D eigenvalue weighted by molar-refractivity contribution is 0.0667. The van der Waals surface area contributed by atoms with Gasteiger partial charge in [-0.25, -0.2) is 4.79 Å². The van der Waals surface area contributed by atoms with Crippen molar-refractivity contribution in [2.24, 2.45) is 0 Å². The average molecular weight is 227 g/mol. The second kappa shape index (κ2) is 4.59. The molecule has 2 fully saturated rings. The first-order chi connectivity index (χ1) is 7.61. The molecule has 0 aromatic carbocycles. The van der Waals surface area contributed by atoms with Gasteiger partial charge in [-0.3, -0.25) is 4.90 Å². The summed E-state index contributed by atoms with van der Waals surface area (Å²) >= 11 is 0. The molecule has 5 nitrogen and oxygen atoms in total. The minimum absolute atomic E-state index is 0.153. The molecule has 1 N–H and O–H groups in total. The molecule has 0 saturated carbocycles. The minimum atomic E-state index is -0.235. The minimum Gasteiger partial charge on any atom is -0.392 e. The van der Waals surface area contributed by atoms with E-state index in [1.807, 2.05) is 18.9 Å². The van der Waals surface area contributed by atoms with E-state index in [-0.39, 0.29) is 12.1 Å². The van der Waals surface area contributed by atoms with Gasteiger partial charge in [0, 0.05) is 39.8 Å². The molecule has 0 bridgehead atoms. The number of aliphatic hydroxyl groups is 1. The second-order valence-electron chi connectivity index (χ2n) is 4.83. The Bertz CT molecular complexity index is 272. The Morgan fingerprint density at radius 1 is 1.44 bits per heavy atom. The number of amides is 2. The van der Waals surface area contributed by atoms with Gasteiger partial charge < -0.3 is 14.9 Å². The highest BCUT2D eigenvalue weighted by Crippen LogP contribution is 2.19. The summed E-state index contributed by atoms with van der Waals surface area (Å²) in [7, 11) is 1.85. The lowest BCUT2D eigenvalue weighted by Gasteiger charge is -2.37. The van der Waals surface area contributed by atoms with Gasteiger partial charge in [-0.15, -0.1) is 0 Å². The molecule has 2 aliphatic rings. The highest BCUT2D eigenvalue weighted by atomic mass is 16.3. The zero-order valence-electron chi connectivity index (χ0n) is 10.1. The first kappa shape index (κ1) is 11.7. The Hall–Kier alpha value is -0.810. The maximum absolute atomic E-state index is 11.7. The smallest absolute Gasteiger partial charge is 0.320 e. The number of β-amino-alcohol motifs (C(OH)–C–C–N with tert-alkyl or cyclic N) is 1. The van der Waals surface area contributed by atoms with Gasteiger partial charge in [-0.2, -0.15) is 0 Å². The Balaban J connectivity index is 1.89. The van der Waals surface area contributed by atoms with Crippen LogP contribution < -0.4 is 0 Å². The standard InChI is InChI=1S/C11H21N3O2/c1-3-10(15)8-13-4-5-14-9(7-13)6-12(2)11(14)16/h9-10,15H,3-8H2,1-2H3/t9-,10+/m1/s1. The van der Waals surface area contributed by atoms with Crippen LogP contribution in [-0.4, -0.2) is 77.8 Å². The maximum atomic E-state index is 11.7. The molecule has 2 saturated heterocycles. The van der Waals surface area contributed by atoms with Crippen LogP contribution in [0.5, 0.6) is 0 Å². The number of hydrogen-bond donors (Lipinski definition) is 1. The van der Waals surface area contributed by atoms with E-state index in [1.54, 1.807) is 4.90 Å². The number of carbonyl (C=O) groups is 1. The highest BCUT2D eigenvalue weighted by Gasteiger charge is 2.38. The summed E-state index contributed by atoms with van der Waals surface area (Å²) in [5, 5.41) is 9.62. The van der Waals surface area contributed by atoms with E-state index >= 15 is 0 Å². The van der Waals surface area contributed by atoms with Gasteiger partial charge in [-0.1, -0.05) is 6.92 Å². The number of fused-ring (bicyclic) bond motifs is 1. The van der Waals surface area contributed by atoms with Crippen molar-refractivity contribution < 1.29 is 9.90 Å². The van der Waals surface area contributed by atoms with Crippen LogP contribution in [0, 0.1) is 0 Å². The van der Waals surface area contributed by atoms with E-state index in [1.165, 1.54) is 0 Å². The molecule has 2 heterocycles. The number of rotatable bonds is 3. The first-order valence-electron chi connectivity index (χ1n) is 6.04. The van der Waals surface area contributed by atoms with Crippen molar-refractivity contribution >= 4 is 6.03 Å². The van der Waals surface area contributed by atoms with Gasteiger partial charge in [0.1, 0.15) is 0 Å². The molecule has 5 heteroatoms. The van der Waals surface area contributed by atoms with Crippen LogP contribution in [0.4, 0.5) is 4.79 Å². The fourth-order valence-electron chi connectivity index (χ4n) is 2.53. The van der Waals surface area contributed by atoms with E-state index < -0.39 is 0 Å². The largest absolute Gasteiger partial charge is 0.392 e. The van der Waals surface area contributed by atoms with Crippen molar-refractivity contribution in [2.75, 3.05) is 39.8 Å². The predicted octanol–water partition coefficient (Wildman–Crippen LogP) is -0.191. The lowest BCUT2D eigenvalue weighted by Crippen LogP contribution is -2.53. The topological polar surface area (TPSA) is 47.0 Å². The zero-order chi connectivity index (χ0) is 11.7. The van der Waals surface area contributed by atoms with E-state index in [4.69, 9.17) is 0 Å². The Morgan fingerprint density at radius 2 is 2.19 bits per heavy atom. The predicted molar refractivity (Wildman–Crippen MR) is 61.3 cm³/mol. The molecule has 2 atom stereocenters. The van der Waals surface area contributed by atoms with Crippen LogP contribution in [-0.2, 0) is 0 Å². The number of piperazine rings is 1. The van der Waals surface area contributed by atoms with Crippen molar-refractivity contribution in [1.82, 2.24) is 14.7 Å². The van der Waals surface area contributed by atoms with Crippen LogP contribution in [0.1, 0.15) is 13.3 Å². The molecule has 0 unspecified atom stereocenters. The molecule has 2 aliphatic heterocycles. The molecule has 0 aromatic heterocycles. The van der Waals surface area contributed by atoms with Gasteiger partial charge in [0.25, 0.3) is 0 Å². The third-order valence-electron chi connectivity index (χ3n) is 3.56. The maximum Gasteiger partial charge on any atom is 0.320 e. The first-order valence-corrected chi connectivity index (χ1v) is 6.04. The quantitative estimate of drug-likeness (QED) is 0.727. The van der Waals surface area contributed by atoms with E-state index in [2.05, 4.69) is 4.90 Å². The number of nitrogens with zero attached hydrogens (tertiary/aromatic N) is 3. The van der Waals surface area contributed by atoms with E-state index in [9.17, 15) is 9.90 Å². The Morgan fingerprint density at radius 3 is 2.88 bits per heavy atom. The van der Waals surface area contributed by atoms with Gasteiger partial charge >= 0.3 is 6.03 Å². The van der Waals surface area contributed by atoms with Gasteiger partial charge in [-0.05, 0) is 6.42 Å². The SMILES string of the molecule is CC[C@H](O)CN1CCN2C(=O)N(C)C[C@@H]2C1. The normalized spacial score (nSPS) is 28.4. The molecule has 92 valence electrons. The average Bonchev–Trinajstić information content (AvgIpc) is 2.54. The summed E-state index contributed by atoms with van der Waals surface area (Å²) < 4.78 is 0. The third-order valence-corrected chi connectivity index (χ3v) is 3.56.